The van der Waals surface area contributed by atoms with Gasteiger partial charge in [-0.05, 0) is 54.8 Å². The first-order chi connectivity index (χ1) is 10.8. The van der Waals surface area contributed by atoms with Crippen LogP contribution in [0.25, 0.3) is 0 Å². The summed E-state index contributed by atoms with van der Waals surface area (Å²) in [5, 5.41) is 3.69. The van der Waals surface area contributed by atoms with E-state index in [1.54, 1.807) is 25.1 Å². The third-order valence-electron chi connectivity index (χ3n) is 3.20. The van der Waals surface area contributed by atoms with Gasteiger partial charge in [-0.25, -0.2) is 9.22 Å². The fourth-order valence-corrected chi connectivity index (χ4v) is 3.10. The van der Waals surface area contributed by atoms with Crippen molar-refractivity contribution >= 4 is 16.2 Å². The summed E-state index contributed by atoms with van der Waals surface area (Å²) < 4.78 is 42.8. The molecule has 122 valence electrons. The van der Waals surface area contributed by atoms with E-state index in [-0.39, 0.29) is 10.6 Å². The second-order valence-electron chi connectivity index (χ2n) is 5.02. The summed E-state index contributed by atoms with van der Waals surface area (Å²) >= 11 is 0. The van der Waals surface area contributed by atoms with Crippen molar-refractivity contribution in [1.82, 2.24) is 4.83 Å². The number of methoxy groups -OCH3 is 1. The quantitative estimate of drug-likeness (QED) is 0.674. The molecular formula is C16H17FN2O3S. The van der Waals surface area contributed by atoms with Gasteiger partial charge in [0, 0.05) is 0 Å². The van der Waals surface area contributed by atoms with Crippen LogP contribution in [0.3, 0.4) is 0 Å². The molecular weight excluding hydrogens is 319 g/mol. The van der Waals surface area contributed by atoms with Crippen LogP contribution in [0, 0.1) is 19.7 Å². The summed E-state index contributed by atoms with van der Waals surface area (Å²) in [4.78, 5) is 2.29. The summed E-state index contributed by atoms with van der Waals surface area (Å²) in [5.41, 5.74) is 1.86. The normalized spacial score (nSPS) is 11.7. The summed E-state index contributed by atoms with van der Waals surface area (Å²) in [6, 6.07) is 9.34. The number of benzene rings is 2. The largest absolute Gasteiger partial charge is 0.494 e. The molecule has 0 aliphatic carbocycles. The number of nitrogens with zero attached hydrogens (tertiary/aromatic N) is 1. The standard InChI is InChI=1S/C16H17FN2O3S/c1-11-4-5-12(2)16(8-11)23(20,21)19-18-10-13-6-7-15(22-3)14(17)9-13/h4-10,19H,1-3H3/b18-10-. The molecule has 0 radical (unpaired) electrons. The van der Waals surface area contributed by atoms with Crippen LogP contribution in [0.4, 0.5) is 4.39 Å². The lowest BCUT2D eigenvalue weighted by atomic mass is 10.2. The second-order valence-corrected chi connectivity index (χ2v) is 6.65. The number of ether oxygens (including phenoxy) is 1. The minimum Gasteiger partial charge on any atom is -0.494 e. The van der Waals surface area contributed by atoms with Crippen molar-refractivity contribution in [2.24, 2.45) is 5.10 Å². The van der Waals surface area contributed by atoms with Crippen LogP contribution in [-0.2, 0) is 10.0 Å². The maximum Gasteiger partial charge on any atom is 0.276 e. The molecule has 0 aromatic heterocycles. The molecule has 7 heteroatoms. The molecule has 1 N–H and O–H groups in total. The Labute approximate surface area is 134 Å². The first kappa shape index (κ1) is 17.0. The zero-order chi connectivity index (χ0) is 17.0. The van der Waals surface area contributed by atoms with Gasteiger partial charge in [-0.15, -0.1) is 0 Å². The van der Waals surface area contributed by atoms with Gasteiger partial charge in [0.15, 0.2) is 11.6 Å². The van der Waals surface area contributed by atoms with Gasteiger partial charge in [-0.1, -0.05) is 12.1 Å². The zero-order valence-electron chi connectivity index (χ0n) is 13.0. The van der Waals surface area contributed by atoms with Crippen molar-refractivity contribution < 1.29 is 17.5 Å². The van der Waals surface area contributed by atoms with Crippen LogP contribution in [0.2, 0.25) is 0 Å². The Morgan fingerprint density at radius 1 is 1.17 bits per heavy atom. The lowest BCUT2D eigenvalue weighted by molar-refractivity contribution is 0.386. The molecule has 2 aromatic rings. The highest BCUT2D eigenvalue weighted by atomic mass is 32.2. The van der Waals surface area contributed by atoms with Gasteiger partial charge in [0.2, 0.25) is 0 Å². The van der Waals surface area contributed by atoms with Crippen molar-refractivity contribution in [2.45, 2.75) is 18.7 Å². The van der Waals surface area contributed by atoms with E-state index in [0.29, 0.717) is 11.1 Å². The molecule has 5 nitrogen and oxygen atoms in total. The molecule has 0 atom stereocenters. The topological polar surface area (TPSA) is 67.8 Å². The molecule has 2 rings (SSSR count). The number of hydrazone groups is 1. The molecule has 0 saturated heterocycles. The van der Waals surface area contributed by atoms with Crippen LogP contribution in [0.1, 0.15) is 16.7 Å². The van der Waals surface area contributed by atoms with Crippen LogP contribution in [0.5, 0.6) is 5.75 Å². The van der Waals surface area contributed by atoms with Crippen LogP contribution < -0.4 is 9.57 Å². The van der Waals surface area contributed by atoms with E-state index in [0.717, 1.165) is 5.56 Å². The minimum atomic E-state index is -3.77. The fourth-order valence-electron chi connectivity index (χ4n) is 1.98. The average Bonchev–Trinajstić information content (AvgIpc) is 2.49. The predicted octanol–water partition coefficient (Wildman–Crippen LogP) is 2.76. The Morgan fingerprint density at radius 3 is 2.57 bits per heavy atom. The molecule has 0 saturated carbocycles. The Bertz CT molecular complexity index is 848. The van der Waals surface area contributed by atoms with Gasteiger partial charge in [0.25, 0.3) is 10.0 Å². The van der Waals surface area contributed by atoms with Gasteiger partial charge >= 0.3 is 0 Å². The molecule has 2 aromatic carbocycles. The van der Waals surface area contributed by atoms with Gasteiger partial charge in [0.05, 0.1) is 18.2 Å². The van der Waals surface area contributed by atoms with Crippen LogP contribution >= 0.6 is 0 Å². The molecule has 0 heterocycles. The SMILES string of the molecule is COc1ccc(/C=N\NS(=O)(=O)c2cc(C)ccc2C)cc1F. The third kappa shape index (κ3) is 4.07. The lowest BCUT2D eigenvalue weighted by Crippen LogP contribution is -2.19. The number of sulfonamides is 1. The number of hydrogen-bond acceptors (Lipinski definition) is 4. The number of rotatable bonds is 5. The van der Waals surface area contributed by atoms with Crippen molar-refractivity contribution in [1.29, 1.82) is 0 Å². The fraction of sp³-hybridized carbons (Fsp3) is 0.188. The predicted molar refractivity (Wildman–Crippen MR) is 86.8 cm³/mol. The summed E-state index contributed by atoms with van der Waals surface area (Å²) in [6.45, 7) is 3.51. The average molecular weight is 336 g/mol. The maximum atomic E-state index is 13.5. The molecule has 0 fully saturated rings. The Morgan fingerprint density at radius 2 is 1.91 bits per heavy atom. The van der Waals surface area contributed by atoms with Gasteiger partial charge < -0.3 is 4.74 Å². The van der Waals surface area contributed by atoms with E-state index < -0.39 is 15.8 Å². The molecule has 0 amide bonds. The van der Waals surface area contributed by atoms with Gasteiger partial charge in [0.1, 0.15) is 0 Å². The maximum absolute atomic E-state index is 13.5. The molecule has 0 aliphatic heterocycles. The Balaban J connectivity index is 2.19. The number of hydrogen-bond donors (Lipinski definition) is 1. The zero-order valence-corrected chi connectivity index (χ0v) is 13.8. The van der Waals surface area contributed by atoms with Crippen LogP contribution in [0.15, 0.2) is 46.4 Å². The Kier molecular flexibility index (Phi) is 5.00. The van der Waals surface area contributed by atoms with E-state index in [9.17, 15) is 12.8 Å². The first-order valence-corrected chi connectivity index (χ1v) is 8.27. The van der Waals surface area contributed by atoms with Crippen molar-refractivity contribution in [3.8, 4) is 5.75 Å². The number of nitrogens with one attached hydrogen (secondary N) is 1. The van der Waals surface area contributed by atoms with E-state index in [2.05, 4.69) is 9.93 Å². The van der Waals surface area contributed by atoms with E-state index in [1.807, 2.05) is 13.0 Å². The Hall–Kier alpha value is -2.41. The molecule has 0 aliphatic rings. The summed E-state index contributed by atoms with van der Waals surface area (Å²) in [7, 11) is -2.41. The molecule has 23 heavy (non-hydrogen) atoms. The molecule has 0 spiro atoms. The number of aryl methyl sites for hydroxylation is 2. The smallest absolute Gasteiger partial charge is 0.276 e. The monoisotopic (exact) mass is 336 g/mol. The third-order valence-corrected chi connectivity index (χ3v) is 4.56. The van der Waals surface area contributed by atoms with E-state index >= 15 is 0 Å². The van der Waals surface area contributed by atoms with Gasteiger partial charge in [-0.3, -0.25) is 0 Å². The van der Waals surface area contributed by atoms with Crippen LogP contribution in [-0.4, -0.2) is 21.7 Å². The van der Waals surface area contributed by atoms with Crippen molar-refractivity contribution in [2.75, 3.05) is 7.11 Å². The highest BCUT2D eigenvalue weighted by molar-refractivity contribution is 7.89. The first-order valence-electron chi connectivity index (χ1n) is 6.79. The summed E-state index contributed by atoms with van der Waals surface area (Å²) in [6.07, 6.45) is 1.23. The van der Waals surface area contributed by atoms with Gasteiger partial charge in [-0.2, -0.15) is 13.5 Å². The highest BCUT2D eigenvalue weighted by Gasteiger charge is 2.15. The van der Waals surface area contributed by atoms with E-state index in [4.69, 9.17) is 4.74 Å². The number of halogens is 1. The molecule has 0 unspecified atom stereocenters. The highest BCUT2D eigenvalue weighted by Crippen LogP contribution is 2.18. The van der Waals surface area contributed by atoms with Crippen molar-refractivity contribution in [3.05, 3.63) is 58.9 Å². The molecule has 0 bridgehead atoms. The lowest BCUT2D eigenvalue weighted by Gasteiger charge is -2.07. The van der Waals surface area contributed by atoms with Crippen molar-refractivity contribution in [3.63, 3.8) is 0 Å². The van der Waals surface area contributed by atoms with E-state index in [1.165, 1.54) is 25.5 Å². The second kappa shape index (κ2) is 6.78. The summed E-state index contributed by atoms with van der Waals surface area (Å²) in [5.74, 6) is -0.438. The minimum absolute atomic E-state index is 0.109.